The molecule has 3 unspecified atom stereocenters. The van der Waals surface area contributed by atoms with E-state index in [4.69, 9.17) is 0 Å². The summed E-state index contributed by atoms with van der Waals surface area (Å²) < 4.78 is 157. The van der Waals surface area contributed by atoms with Crippen molar-refractivity contribution in [1.29, 1.82) is 0 Å². The zero-order valence-electron chi connectivity index (χ0n) is 10.6. The zero-order chi connectivity index (χ0) is 18.3. The third-order valence-corrected chi connectivity index (χ3v) is 4.35. The Bertz CT molecular complexity index is 507. The highest BCUT2D eigenvalue weighted by Gasteiger charge is 2.92. The van der Waals surface area contributed by atoms with Gasteiger partial charge in [0.15, 0.2) is 5.67 Å². The SMILES string of the molecule is FC(F)(F)C(F)(F)C1C2C=CC(F)(C2)C1(C(F)(F)F)C(F)(F)F. The van der Waals surface area contributed by atoms with Gasteiger partial charge in [-0.3, -0.25) is 0 Å². The summed E-state index contributed by atoms with van der Waals surface area (Å²) in [4.78, 5) is 0. The van der Waals surface area contributed by atoms with Crippen LogP contribution in [0.15, 0.2) is 12.2 Å². The number of hydrogen-bond donors (Lipinski definition) is 0. The number of alkyl halides is 12. The average Bonchev–Trinajstić information content (AvgIpc) is 2.75. The molecular formula is C11H6F12. The molecule has 1 saturated carbocycles. The van der Waals surface area contributed by atoms with E-state index in [2.05, 4.69) is 0 Å². The summed E-state index contributed by atoms with van der Waals surface area (Å²) in [6.45, 7) is 0. The quantitative estimate of drug-likeness (QED) is 0.442. The maximum atomic E-state index is 14.3. The molecule has 2 rings (SSSR count). The topological polar surface area (TPSA) is 0 Å². The molecular weight excluding hydrogens is 360 g/mol. The van der Waals surface area contributed by atoms with Crippen LogP contribution in [0.3, 0.4) is 0 Å². The van der Waals surface area contributed by atoms with Crippen LogP contribution in [0.2, 0.25) is 0 Å². The van der Waals surface area contributed by atoms with E-state index in [1.165, 1.54) is 0 Å². The second-order valence-corrected chi connectivity index (χ2v) is 5.49. The summed E-state index contributed by atoms with van der Waals surface area (Å²) in [5.74, 6) is -13.3. The molecule has 1 fully saturated rings. The van der Waals surface area contributed by atoms with Crippen molar-refractivity contribution in [2.24, 2.45) is 17.3 Å². The summed E-state index contributed by atoms with van der Waals surface area (Å²) in [6, 6.07) is 0. The molecule has 2 aliphatic carbocycles. The van der Waals surface area contributed by atoms with Gasteiger partial charge in [0.1, 0.15) is 0 Å². The lowest BCUT2D eigenvalue weighted by molar-refractivity contribution is -0.416. The first kappa shape index (κ1) is 18.2. The van der Waals surface area contributed by atoms with Crippen molar-refractivity contribution in [2.75, 3.05) is 0 Å². The van der Waals surface area contributed by atoms with E-state index >= 15 is 0 Å². The summed E-state index contributed by atoms with van der Waals surface area (Å²) >= 11 is 0. The lowest BCUT2D eigenvalue weighted by Crippen LogP contribution is -2.68. The predicted octanol–water partition coefficient (Wildman–Crippen LogP) is 5.21. The Hall–Kier alpha value is -1.10. The van der Waals surface area contributed by atoms with Crippen LogP contribution in [-0.2, 0) is 0 Å². The maximum Gasteiger partial charge on any atom is 0.453 e. The molecule has 0 N–H and O–H groups in total. The van der Waals surface area contributed by atoms with E-state index in [0.29, 0.717) is 0 Å². The normalized spacial score (nSPS) is 34.3. The fraction of sp³-hybridized carbons (Fsp3) is 0.818. The van der Waals surface area contributed by atoms with Crippen LogP contribution in [0.4, 0.5) is 52.7 Å². The third kappa shape index (κ3) is 1.95. The van der Waals surface area contributed by atoms with Gasteiger partial charge < -0.3 is 0 Å². The molecule has 3 atom stereocenters. The first-order valence-electron chi connectivity index (χ1n) is 5.90. The Morgan fingerprint density at radius 2 is 1.22 bits per heavy atom. The van der Waals surface area contributed by atoms with Crippen molar-refractivity contribution in [3.8, 4) is 0 Å². The van der Waals surface area contributed by atoms with Crippen LogP contribution in [-0.4, -0.2) is 30.1 Å². The Morgan fingerprint density at radius 3 is 1.57 bits per heavy atom. The molecule has 0 saturated heterocycles. The van der Waals surface area contributed by atoms with Gasteiger partial charge in [0.25, 0.3) is 0 Å². The molecule has 0 aromatic heterocycles. The maximum absolute atomic E-state index is 14.3. The van der Waals surface area contributed by atoms with Gasteiger partial charge >= 0.3 is 24.5 Å². The molecule has 0 aromatic rings. The van der Waals surface area contributed by atoms with E-state index in [-0.39, 0.29) is 12.2 Å². The van der Waals surface area contributed by atoms with Crippen LogP contribution < -0.4 is 0 Å². The van der Waals surface area contributed by atoms with E-state index in [1.54, 1.807) is 0 Å². The van der Waals surface area contributed by atoms with Gasteiger partial charge in [-0.2, -0.15) is 48.3 Å². The second kappa shape index (κ2) is 4.29. The van der Waals surface area contributed by atoms with Crippen molar-refractivity contribution in [2.45, 2.75) is 36.5 Å². The molecule has 2 bridgehead atoms. The van der Waals surface area contributed by atoms with Gasteiger partial charge in [0.05, 0.1) is 5.92 Å². The van der Waals surface area contributed by atoms with Gasteiger partial charge in [0, 0.05) is 0 Å². The Morgan fingerprint density at radius 1 is 0.783 bits per heavy atom. The molecule has 0 heterocycles. The van der Waals surface area contributed by atoms with Crippen molar-refractivity contribution in [3.05, 3.63) is 12.2 Å². The summed E-state index contributed by atoms with van der Waals surface area (Å²) in [6.07, 6.45) is -21.9. The van der Waals surface area contributed by atoms with E-state index in [9.17, 15) is 52.7 Å². The average molecular weight is 366 g/mol. The Kier molecular flexibility index (Phi) is 3.41. The minimum atomic E-state index is -6.71. The van der Waals surface area contributed by atoms with Crippen LogP contribution in [0, 0.1) is 17.3 Å². The minimum Gasteiger partial charge on any atom is -0.238 e. The van der Waals surface area contributed by atoms with Gasteiger partial charge in [-0.05, 0) is 12.3 Å². The molecule has 0 amide bonds. The highest BCUT2D eigenvalue weighted by Crippen LogP contribution is 2.75. The number of halogens is 12. The molecule has 0 radical (unpaired) electrons. The lowest BCUT2D eigenvalue weighted by atomic mass is 9.63. The Balaban J connectivity index is 2.83. The zero-order valence-corrected chi connectivity index (χ0v) is 10.6. The third-order valence-electron chi connectivity index (χ3n) is 4.35. The molecule has 2 aliphatic rings. The van der Waals surface area contributed by atoms with E-state index in [1.807, 2.05) is 0 Å². The molecule has 0 spiro atoms. The highest BCUT2D eigenvalue weighted by molar-refractivity contribution is 5.34. The summed E-state index contributed by atoms with van der Waals surface area (Å²) in [7, 11) is 0. The van der Waals surface area contributed by atoms with Crippen molar-refractivity contribution < 1.29 is 52.7 Å². The second-order valence-electron chi connectivity index (χ2n) is 5.49. The van der Waals surface area contributed by atoms with E-state index in [0.717, 1.165) is 0 Å². The molecule has 23 heavy (non-hydrogen) atoms. The molecule has 0 nitrogen and oxygen atoms in total. The smallest absolute Gasteiger partial charge is 0.238 e. The standard InChI is InChI=1S/C11H6F12/c12-6-2-1-4(3-6)5(8(13,14)11(21,22)23)7(6,9(15,16)17)10(18,19)20/h1-2,4-5H,3H2. The van der Waals surface area contributed by atoms with Crippen molar-refractivity contribution >= 4 is 0 Å². The summed E-state index contributed by atoms with van der Waals surface area (Å²) in [5.41, 5.74) is -10.3. The van der Waals surface area contributed by atoms with Crippen LogP contribution in [0.5, 0.6) is 0 Å². The first-order valence-corrected chi connectivity index (χ1v) is 5.90. The number of hydrogen-bond acceptors (Lipinski definition) is 0. The minimum absolute atomic E-state index is 0.208. The van der Waals surface area contributed by atoms with Crippen LogP contribution in [0.1, 0.15) is 6.42 Å². The van der Waals surface area contributed by atoms with Crippen molar-refractivity contribution in [1.82, 2.24) is 0 Å². The highest BCUT2D eigenvalue weighted by atomic mass is 19.4. The Labute approximate surface area is 120 Å². The van der Waals surface area contributed by atoms with Gasteiger partial charge in [-0.1, -0.05) is 12.2 Å². The largest absolute Gasteiger partial charge is 0.453 e. The number of fused-ring (bicyclic) bond motifs is 2. The van der Waals surface area contributed by atoms with Gasteiger partial charge in [-0.25, -0.2) is 4.39 Å². The van der Waals surface area contributed by atoms with Crippen LogP contribution >= 0.6 is 0 Å². The fourth-order valence-corrected chi connectivity index (χ4v) is 3.56. The molecule has 134 valence electrons. The molecule has 0 aromatic carbocycles. The monoisotopic (exact) mass is 366 g/mol. The lowest BCUT2D eigenvalue weighted by Gasteiger charge is -2.48. The first-order chi connectivity index (χ1) is 9.93. The van der Waals surface area contributed by atoms with Crippen molar-refractivity contribution in [3.63, 3.8) is 0 Å². The van der Waals surface area contributed by atoms with E-state index < -0.39 is 53.8 Å². The predicted molar refractivity (Wildman–Crippen MR) is 50.1 cm³/mol. The van der Waals surface area contributed by atoms with Gasteiger partial charge in [0.2, 0.25) is 5.41 Å². The van der Waals surface area contributed by atoms with Crippen LogP contribution in [0.25, 0.3) is 0 Å². The number of allylic oxidation sites excluding steroid dienone is 2. The molecule has 12 heteroatoms. The molecule has 0 aliphatic heterocycles. The number of rotatable bonds is 1. The fourth-order valence-electron chi connectivity index (χ4n) is 3.56. The van der Waals surface area contributed by atoms with Gasteiger partial charge in [-0.15, -0.1) is 0 Å². The summed E-state index contributed by atoms with van der Waals surface area (Å²) in [5, 5.41) is 0.